The van der Waals surface area contributed by atoms with E-state index in [9.17, 15) is 23.1 Å². The van der Waals surface area contributed by atoms with E-state index in [1.807, 2.05) is 22.6 Å². The first-order valence-corrected chi connectivity index (χ1v) is 10.5. The number of aromatic nitrogens is 1. The second kappa shape index (κ2) is 9.14. The van der Waals surface area contributed by atoms with Gasteiger partial charge in [0, 0.05) is 14.7 Å². The Hall–Kier alpha value is -2.54. The summed E-state index contributed by atoms with van der Waals surface area (Å²) in [5, 5.41) is 13.2. The molecule has 1 atom stereocenters. The number of aliphatic hydroxyl groups is 1. The summed E-state index contributed by atoms with van der Waals surface area (Å²) in [5.74, 6) is -0.340. The molecule has 0 bridgehead atoms. The van der Waals surface area contributed by atoms with Gasteiger partial charge in [-0.15, -0.1) is 13.2 Å². The van der Waals surface area contributed by atoms with Gasteiger partial charge in [-0.25, -0.2) is 9.78 Å². The third kappa shape index (κ3) is 6.03. The molecule has 0 spiro atoms. The second-order valence-corrected chi connectivity index (χ2v) is 8.98. The number of carbonyl (C=O) groups excluding carboxylic acids is 1. The van der Waals surface area contributed by atoms with E-state index in [2.05, 4.69) is 15.0 Å². The van der Waals surface area contributed by atoms with Crippen molar-refractivity contribution in [1.82, 2.24) is 10.3 Å². The first-order chi connectivity index (χ1) is 14.8. The van der Waals surface area contributed by atoms with Gasteiger partial charge in [0.05, 0.1) is 6.54 Å². The lowest BCUT2D eigenvalue weighted by atomic mass is 9.99. The Bertz CT molecular complexity index is 1110. The zero-order valence-corrected chi connectivity index (χ0v) is 19.4. The van der Waals surface area contributed by atoms with Gasteiger partial charge in [-0.05, 0) is 67.1 Å². The zero-order valence-electron chi connectivity index (χ0n) is 17.3. The number of alkyl halides is 3. The molecule has 7 nitrogen and oxygen atoms in total. The highest BCUT2D eigenvalue weighted by molar-refractivity contribution is 14.1. The van der Waals surface area contributed by atoms with Crippen molar-refractivity contribution in [1.29, 1.82) is 0 Å². The van der Waals surface area contributed by atoms with E-state index >= 15 is 0 Å². The molecule has 2 aromatic carbocycles. The van der Waals surface area contributed by atoms with Gasteiger partial charge in [0.2, 0.25) is 0 Å². The largest absolute Gasteiger partial charge is 0.573 e. The Labute approximate surface area is 195 Å². The van der Waals surface area contributed by atoms with Crippen LogP contribution in [-0.4, -0.2) is 34.7 Å². The van der Waals surface area contributed by atoms with Gasteiger partial charge >= 0.3 is 12.5 Å². The van der Waals surface area contributed by atoms with Crippen molar-refractivity contribution in [3.63, 3.8) is 0 Å². The minimum Gasteiger partial charge on any atom is -0.444 e. The van der Waals surface area contributed by atoms with Crippen LogP contribution in [0.4, 0.5) is 18.0 Å². The number of aliphatic hydroxyl groups excluding tert-OH is 1. The minimum atomic E-state index is -4.78. The number of hydrogen-bond acceptors (Lipinski definition) is 6. The Kier molecular flexibility index (Phi) is 6.89. The molecule has 0 aliphatic carbocycles. The molecule has 0 radical (unpaired) electrons. The number of nitrogens with one attached hydrogen (secondary N) is 1. The number of halogens is 4. The summed E-state index contributed by atoms with van der Waals surface area (Å²) in [4.78, 5) is 16.1. The molecule has 0 saturated heterocycles. The number of ether oxygens (including phenoxy) is 2. The van der Waals surface area contributed by atoms with Crippen LogP contribution in [0.15, 0.2) is 41.1 Å². The van der Waals surface area contributed by atoms with Gasteiger partial charge in [0.15, 0.2) is 12.0 Å². The third-order valence-electron chi connectivity index (χ3n) is 4.17. The van der Waals surface area contributed by atoms with E-state index in [0.717, 1.165) is 0 Å². The molecular weight excluding hydrogens is 544 g/mol. The van der Waals surface area contributed by atoms with E-state index in [4.69, 9.17) is 9.15 Å². The van der Waals surface area contributed by atoms with Crippen LogP contribution in [0.5, 0.6) is 5.75 Å². The van der Waals surface area contributed by atoms with Crippen LogP contribution in [-0.2, 0) is 4.74 Å². The molecule has 32 heavy (non-hydrogen) atoms. The van der Waals surface area contributed by atoms with Crippen molar-refractivity contribution in [2.75, 3.05) is 6.54 Å². The number of carbonyl (C=O) groups is 1. The van der Waals surface area contributed by atoms with Gasteiger partial charge in [-0.3, -0.25) is 0 Å². The molecule has 1 aromatic heterocycles. The summed E-state index contributed by atoms with van der Waals surface area (Å²) in [7, 11) is 0. The first-order valence-electron chi connectivity index (χ1n) is 9.41. The maximum absolute atomic E-state index is 12.4. The molecular formula is C21H20F3IN2O5. The SMILES string of the molecule is CC(C)(C)OC(=O)NCC(O)c1c(I)cc(-c2ccc(OC(F)(F)F)cc2)c2ncoc12. The summed E-state index contributed by atoms with van der Waals surface area (Å²) in [6, 6.07) is 7.09. The van der Waals surface area contributed by atoms with E-state index in [1.54, 1.807) is 26.8 Å². The van der Waals surface area contributed by atoms with Gasteiger partial charge in [0.1, 0.15) is 23.0 Å². The highest BCUT2D eigenvalue weighted by Gasteiger charge is 2.31. The van der Waals surface area contributed by atoms with Gasteiger partial charge in [-0.1, -0.05) is 12.1 Å². The molecule has 1 heterocycles. The smallest absolute Gasteiger partial charge is 0.444 e. The lowest BCUT2D eigenvalue weighted by Crippen LogP contribution is -2.35. The number of hydrogen-bond donors (Lipinski definition) is 2. The normalized spacial score (nSPS) is 13.1. The van der Waals surface area contributed by atoms with Crippen LogP contribution in [0.1, 0.15) is 32.4 Å². The minimum absolute atomic E-state index is 0.121. The zero-order chi connectivity index (χ0) is 23.7. The summed E-state index contributed by atoms with van der Waals surface area (Å²) >= 11 is 2.01. The number of benzene rings is 2. The standard InChI is InChI=1S/C21H20F3IN2O5/c1-20(2,3)32-19(29)26-9-15(28)16-14(25)8-13(17-18(16)30-10-27-17)11-4-6-12(7-5-11)31-21(22,23)24/h4-8,10,15,28H,9H2,1-3H3,(H,26,29). The predicted molar refractivity (Wildman–Crippen MR) is 118 cm³/mol. The Balaban J connectivity index is 1.86. The van der Waals surface area contributed by atoms with Crippen LogP contribution in [0.25, 0.3) is 22.2 Å². The number of oxazole rings is 1. The van der Waals surface area contributed by atoms with Crippen molar-refractivity contribution < 1.29 is 37.0 Å². The van der Waals surface area contributed by atoms with E-state index in [0.29, 0.717) is 31.4 Å². The highest BCUT2D eigenvalue weighted by atomic mass is 127. The van der Waals surface area contributed by atoms with Crippen molar-refractivity contribution >= 4 is 39.8 Å². The van der Waals surface area contributed by atoms with E-state index < -0.39 is 24.2 Å². The van der Waals surface area contributed by atoms with Gasteiger partial charge in [-0.2, -0.15) is 0 Å². The highest BCUT2D eigenvalue weighted by Crippen LogP contribution is 2.37. The quantitative estimate of drug-likeness (QED) is 0.395. The van der Waals surface area contributed by atoms with Crippen molar-refractivity contribution in [3.05, 3.63) is 45.9 Å². The fourth-order valence-electron chi connectivity index (χ4n) is 2.97. The number of alkyl carbamates (subject to hydrolysis) is 1. The fourth-order valence-corrected chi connectivity index (χ4v) is 3.89. The summed E-state index contributed by atoms with van der Waals surface area (Å²) in [6.45, 7) is 5.06. The van der Waals surface area contributed by atoms with Crippen LogP contribution in [0.3, 0.4) is 0 Å². The summed E-state index contributed by atoms with van der Waals surface area (Å²) < 4.78 is 52.4. The summed E-state index contributed by atoms with van der Waals surface area (Å²) in [5.41, 5.74) is 1.67. The molecule has 0 aliphatic rings. The fraction of sp³-hybridized carbons (Fsp3) is 0.333. The molecule has 0 saturated carbocycles. The molecule has 3 aromatic rings. The van der Waals surface area contributed by atoms with Crippen molar-refractivity contribution in [2.45, 2.75) is 38.8 Å². The van der Waals surface area contributed by atoms with E-state index in [-0.39, 0.29) is 12.3 Å². The summed E-state index contributed by atoms with van der Waals surface area (Å²) in [6.07, 6.45) is -5.34. The predicted octanol–water partition coefficient (Wildman–Crippen LogP) is 5.56. The molecule has 2 N–H and O–H groups in total. The number of amides is 1. The van der Waals surface area contributed by atoms with Crippen LogP contribution >= 0.6 is 22.6 Å². The Morgan fingerprint density at radius 3 is 2.50 bits per heavy atom. The molecule has 3 rings (SSSR count). The molecule has 0 aliphatic heterocycles. The van der Waals surface area contributed by atoms with Crippen molar-refractivity contribution in [3.8, 4) is 16.9 Å². The molecule has 11 heteroatoms. The number of nitrogens with zero attached hydrogens (tertiary/aromatic N) is 1. The molecule has 1 unspecified atom stereocenters. The maximum Gasteiger partial charge on any atom is 0.573 e. The van der Waals surface area contributed by atoms with Crippen molar-refractivity contribution in [2.24, 2.45) is 0 Å². The monoisotopic (exact) mass is 564 g/mol. The molecule has 1 amide bonds. The van der Waals surface area contributed by atoms with Crippen LogP contribution in [0, 0.1) is 3.57 Å². The number of fused-ring (bicyclic) bond motifs is 1. The Morgan fingerprint density at radius 1 is 1.25 bits per heavy atom. The third-order valence-corrected chi connectivity index (χ3v) is 5.06. The topological polar surface area (TPSA) is 93.8 Å². The molecule has 0 fully saturated rings. The average Bonchev–Trinajstić information content (AvgIpc) is 3.13. The average molecular weight is 564 g/mol. The lowest BCUT2D eigenvalue weighted by Gasteiger charge is -2.21. The van der Waals surface area contributed by atoms with Gasteiger partial charge < -0.3 is 24.3 Å². The van der Waals surface area contributed by atoms with Gasteiger partial charge in [0.25, 0.3) is 0 Å². The van der Waals surface area contributed by atoms with E-state index in [1.165, 1.54) is 30.7 Å². The van der Waals surface area contributed by atoms with Crippen LogP contribution < -0.4 is 10.1 Å². The maximum atomic E-state index is 12.4. The first kappa shape index (κ1) is 24.1. The Morgan fingerprint density at radius 2 is 1.91 bits per heavy atom. The van der Waals surface area contributed by atoms with Crippen LogP contribution in [0.2, 0.25) is 0 Å². The lowest BCUT2D eigenvalue weighted by molar-refractivity contribution is -0.274. The number of rotatable bonds is 5. The molecule has 172 valence electrons. The second-order valence-electron chi connectivity index (χ2n) is 7.82.